The molecule has 1 aromatic heterocycles. The second-order valence-electron chi connectivity index (χ2n) is 4.75. The van der Waals surface area contributed by atoms with Crippen LogP contribution < -0.4 is 5.32 Å². The number of benzene rings is 1. The molecule has 0 radical (unpaired) electrons. The molecule has 0 saturated heterocycles. The fraction of sp³-hybridized carbons (Fsp3) is 0.250. The number of rotatable bonds is 6. The summed E-state index contributed by atoms with van der Waals surface area (Å²) in [6.07, 6.45) is 0.305. The second-order valence-corrected chi connectivity index (χ2v) is 5.53. The topological polar surface area (TPSA) is 49.4 Å². The first-order chi connectivity index (χ1) is 10.2. The van der Waals surface area contributed by atoms with E-state index in [4.69, 9.17) is 0 Å². The van der Waals surface area contributed by atoms with Gasteiger partial charge in [0.1, 0.15) is 0 Å². The number of nitrogens with one attached hydrogen (secondary N) is 1. The molecule has 21 heavy (non-hydrogen) atoms. The van der Waals surface area contributed by atoms with Gasteiger partial charge >= 0.3 is 0 Å². The van der Waals surface area contributed by atoms with Gasteiger partial charge in [0.25, 0.3) is 5.91 Å². The maximum atomic E-state index is 12.0. The number of nitrogens with zero attached hydrogens (tertiary/aromatic N) is 1. The zero-order valence-electron chi connectivity index (χ0n) is 11.9. The van der Waals surface area contributed by atoms with Gasteiger partial charge < -0.3 is 10.2 Å². The molecular formula is C16H18N2O2S. The predicted octanol–water partition coefficient (Wildman–Crippen LogP) is 2.53. The molecule has 0 aliphatic carbocycles. The highest BCUT2D eigenvalue weighted by molar-refractivity contribution is 7.07. The highest BCUT2D eigenvalue weighted by Gasteiger charge is 2.10. The summed E-state index contributed by atoms with van der Waals surface area (Å²) < 4.78 is 0. The summed E-state index contributed by atoms with van der Waals surface area (Å²) in [5.41, 5.74) is 1.74. The molecule has 0 aliphatic heterocycles. The Morgan fingerprint density at radius 2 is 1.95 bits per heavy atom. The van der Waals surface area contributed by atoms with E-state index in [0.717, 1.165) is 5.56 Å². The molecule has 1 N–H and O–H groups in total. The maximum Gasteiger partial charge on any atom is 0.251 e. The Hall–Kier alpha value is -2.14. The molecule has 0 atom stereocenters. The van der Waals surface area contributed by atoms with Crippen LogP contribution >= 0.6 is 11.3 Å². The van der Waals surface area contributed by atoms with Crippen molar-refractivity contribution in [3.8, 4) is 0 Å². The minimum atomic E-state index is -0.149. The van der Waals surface area contributed by atoms with Gasteiger partial charge in [0.15, 0.2) is 0 Å². The minimum Gasteiger partial charge on any atom is -0.352 e. The van der Waals surface area contributed by atoms with Crippen LogP contribution in [0.3, 0.4) is 0 Å². The Balaban J connectivity index is 1.73. The summed E-state index contributed by atoms with van der Waals surface area (Å²) >= 11 is 1.62. The highest BCUT2D eigenvalue weighted by Crippen LogP contribution is 2.08. The first-order valence-corrected chi connectivity index (χ1v) is 7.69. The molecule has 2 aromatic rings. The molecule has 0 bridgehead atoms. The summed E-state index contributed by atoms with van der Waals surface area (Å²) in [5.74, 6) is -0.126. The van der Waals surface area contributed by atoms with Gasteiger partial charge in [0, 0.05) is 32.1 Å². The molecule has 0 spiro atoms. The third-order valence-corrected chi connectivity index (χ3v) is 3.82. The zero-order chi connectivity index (χ0) is 15.1. The monoisotopic (exact) mass is 302 g/mol. The Morgan fingerprint density at radius 3 is 2.62 bits per heavy atom. The van der Waals surface area contributed by atoms with E-state index in [1.54, 1.807) is 35.4 Å². The lowest BCUT2D eigenvalue weighted by molar-refractivity contribution is -0.130. The van der Waals surface area contributed by atoms with Crippen molar-refractivity contribution < 1.29 is 9.59 Å². The lowest BCUT2D eigenvalue weighted by Crippen LogP contribution is -2.31. The molecule has 0 unspecified atom stereocenters. The van der Waals surface area contributed by atoms with E-state index < -0.39 is 0 Å². The highest BCUT2D eigenvalue weighted by atomic mass is 32.1. The van der Waals surface area contributed by atoms with Crippen LogP contribution in [-0.4, -0.2) is 30.3 Å². The fourth-order valence-electron chi connectivity index (χ4n) is 1.91. The van der Waals surface area contributed by atoms with Crippen molar-refractivity contribution in [3.63, 3.8) is 0 Å². The van der Waals surface area contributed by atoms with Crippen molar-refractivity contribution in [1.82, 2.24) is 10.2 Å². The number of amides is 2. The molecule has 1 aromatic carbocycles. The van der Waals surface area contributed by atoms with Crippen molar-refractivity contribution in [2.45, 2.75) is 13.0 Å². The summed E-state index contributed by atoms with van der Waals surface area (Å²) in [5, 5.41) is 6.78. The van der Waals surface area contributed by atoms with Crippen LogP contribution in [0.1, 0.15) is 22.3 Å². The predicted molar refractivity (Wildman–Crippen MR) is 84.2 cm³/mol. The summed E-state index contributed by atoms with van der Waals surface area (Å²) in [6.45, 7) is 0.954. The molecule has 1 heterocycles. The van der Waals surface area contributed by atoms with E-state index >= 15 is 0 Å². The van der Waals surface area contributed by atoms with Crippen LogP contribution in [0.4, 0.5) is 0 Å². The average Bonchev–Trinajstić information content (AvgIpc) is 3.00. The van der Waals surface area contributed by atoms with Gasteiger partial charge in [-0.2, -0.15) is 11.3 Å². The van der Waals surface area contributed by atoms with E-state index in [2.05, 4.69) is 5.32 Å². The van der Waals surface area contributed by atoms with Gasteiger partial charge in [0.2, 0.25) is 5.91 Å². The van der Waals surface area contributed by atoms with Crippen molar-refractivity contribution in [2.75, 3.05) is 13.6 Å². The molecular weight excluding hydrogens is 284 g/mol. The fourth-order valence-corrected chi connectivity index (χ4v) is 2.57. The van der Waals surface area contributed by atoms with Crippen molar-refractivity contribution in [3.05, 3.63) is 58.3 Å². The minimum absolute atomic E-state index is 0.0227. The lowest BCUT2D eigenvalue weighted by Gasteiger charge is -2.16. The van der Waals surface area contributed by atoms with Crippen molar-refractivity contribution in [2.24, 2.45) is 0 Å². The molecule has 5 heteroatoms. The Bertz CT molecular complexity index is 582. The molecule has 4 nitrogen and oxygen atoms in total. The second kappa shape index (κ2) is 7.59. The van der Waals surface area contributed by atoms with Gasteiger partial charge in [-0.25, -0.2) is 0 Å². The van der Waals surface area contributed by atoms with Gasteiger partial charge in [-0.1, -0.05) is 18.2 Å². The lowest BCUT2D eigenvalue weighted by atomic mass is 10.2. The molecule has 0 aliphatic rings. The molecule has 0 fully saturated rings. The summed E-state index contributed by atoms with van der Waals surface area (Å²) in [7, 11) is 1.78. The van der Waals surface area contributed by atoms with Crippen LogP contribution in [0, 0.1) is 0 Å². The molecule has 2 amide bonds. The largest absolute Gasteiger partial charge is 0.352 e. The molecule has 0 saturated carbocycles. The number of carbonyl (C=O) groups is 2. The Kier molecular flexibility index (Phi) is 5.51. The zero-order valence-corrected chi connectivity index (χ0v) is 12.7. The van der Waals surface area contributed by atoms with Crippen molar-refractivity contribution in [1.29, 1.82) is 0 Å². The van der Waals surface area contributed by atoms with Crippen LogP contribution in [0.15, 0.2) is 47.2 Å². The quantitative estimate of drug-likeness (QED) is 0.891. The van der Waals surface area contributed by atoms with Crippen molar-refractivity contribution >= 4 is 23.2 Å². The van der Waals surface area contributed by atoms with Gasteiger partial charge in [-0.05, 0) is 34.5 Å². The van der Waals surface area contributed by atoms with Crippen LogP contribution in [-0.2, 0) is 11.3 Å². The van der Waals surface area contributed by atoms with Gasteiger partial charge in [-0.15, -0.1) is 0 Å². The number of hydrogen-bond acceptors (Lipinski definition) is 3. The Labute approximate surface area is 128 Å². The van der Waals surface area contributed by atoms with Crippen LogP contribution in [0.5, 0.6) is 0 Å². The summed E-state index contributed by atoms with van der Waals surface area (Å²) in [6, 6.07) is 11.0. The molecule has 110 valence electrons. The summed E-state index contributed by atoms with van der Waals surface area (Å²) in [4.78, 5) is 25.5. The standard InChI is InChI=1S/C16H18N2O2S/c1-18(11-13-8-10-21-12-13)15(19)7-9-17-16(20)14-5-3-2-4-6-14/h2-6,8,10,12H,7,9,11H2,1H3,(H,17,20). The third-order valence-electron chi connectivity index (χ3n) is 3.09. The van der Waals surface area contributed by atoms with E-state index in [9.17, 15) is 9.59 Å². The number of thiophene rings is 1. The van der Waals surface area contributed by atoms with E-state index in [0.29, 0.717) is 25.1 Å². The first kappa shape index (κ1) is 15.3. The number of hydrogen-bond donors (Lipinski definition) is 1. The normalized spacial score (nSPS) is 10.1. The van der Waals surface area contributed by atoms with Crippen LogP contribution in [0.25, 0.3) is 0 Å². The van der Waals surface area contributed by atoms with E-state index in [1.807, 2.05) is 35.0 Å². The van der Waals surface area contributed by atoms with Gasteiger partial charge in [-0.3, -0.25) is 9.59 Å². The van der Waals surface area contributed by atoms with E-state index in [-0.39, 0.29) is 11.8 Å². The Morgan fingerprint density at radius 1 is 1.19 bits per heavy atom. The smallest absolute Gasteiger partial charge is 0.251 e. The van der Waals surface area contributed by atoms with E-state index in [1.165, 1.54) is 0 Å². The third kappa shape index (κ3) is 4.72. The maximum absolute atomic E-state index is 12.0. The van der Waals surface area contributed by atoms with Crippen LogP contribution in [0.2, 0.25) is 0 Å². The SMILES string of the molecule is CN(Cc1ccsc1)C(=O)CCNC(=O)c1ccccc1. The molecule has 2 rings (SSSR count). The first-order valence-electron chi connectivity index (χ1n) is 6.75. The number of carbonyl (C=O) groups excluding carboxylic acids is 2. The average molecular weight is 302 g/mol. The van der Waals surface area contributed by atoms with Gasteiger partial charge in [0.05, 0.1) is 0 Å².